The third-order valence-electron chi connectivity index (χ3n) is 7.19. The van der Waals surface area contributed by atoms with Crippen molar-refractivity contribution in [1.29, 1.82) is 0 Å². The molecular weight excluding hydrogens is 517 g/mol. The van der Waals surface area contributed by atoms with E-state index in [0.717, 1.165) is 22.0 Å². The van der Waals surface area contributed by atoms with E-state index >= 15 is 0 Å². The Kier molecular flexibility index (Phi) is 6.60. The van der Waals surface area contributed by atoms with Gasteiger partial charge in [0.2, 0.25) is 0 Å². The number of nitrogens with zero attached hydrogens (tertiary/aromatic N) is 3. The molecule has 1 saturated heterocycles. The number of benzene rings is 2. The molecule has 9 heteroatoms. The van der Waals surface area contributed by atoms with Gasteiger partial charge < -0.3 is 14.9 Å². The predicted octanol–water partition coefficient (Wildman–Crippen LogP) is 6.17. The maximum Gasteiger partial charge on any atom is 0.308 e. The quantitative estimate of drug-likeness (QED) is 0.488. The highest BCUT2D eigenvalue weighted by Crippen LogP contribution is 2.56. The molecule has 0 bridgehead atoms. The van der Waals surface area contributed by atoms with Gasteiger partial charge in [-0.3, -0.25) is 9.59 Å². The maximum atomic E-state index is 13.7. The fourth-order valence-electron chi connectivity index (χ4n) is 5.35. The minimum atomic E-state index is -0.853. The van der Waals surface area contributed by atoms with Crippen molar-refractivity contribution in [3.63, 3.8) is 0 Å². The minimum absolute atomic E-state index is 0.0457. The first kappa shape index (κ1) is 25.2. The molecule has 2 aromatic carbocycles. The molecule has 0 aliphatic carbocycles. The summed E-state index contributed by atoms with van der Waals surface area (Å²) in [7, 11) is 0. The molecule has 1 amide bonds. The lowest BCUT2D eigenvalue weighted by atomic mass is 9.81. The van der Waals surface area contributed by atoms with E-state index < -0.39 is 17.4 Å². The number of rotatable bonds is 5. The number of hydrogen-bond acceptors (Lipinski definition) is 5. The van der Waals surface area contributed by atoms with E-state index in [9.17, 15) is 14.7 Å². The maximum absolute atomic E-state index is 13.7. The van der Waals surface area contributed by atoms with Gasteiger partial charge in [-0.1, -0.05) is 61.3 Å². The first-order valence-corrected chi connectivity index (χ1v) is 13.5. The van der Waals surface area contributed by atoms with E-state index in [2.05, 4.69) is 25.7 Å². The molecule has 2 unspecified atom stereocenters. The monoisotopic (exact) mass is 543 g/mol. The average molecular weight is 545 g/mol. The summed E-state index contributed by atoms with van der Waals surface area (Å²) in [5.41, 5.74) is 2.35. The summed E-state index contributed by atoms with van der Waals surface area (Å²) in [5.74, 6) is -1.44. The van der Waals surface area contributed by atoms with Crippen LogP contribution < -0.4 is 0 Å². The molecular formula is C27H27Cl2N3O3S. The molecule has 0 saturated carbocycles. The van der Waals surface area contributed by atoms with Crippen LogP contribution in [0.2, 0.25) is 10.0 Å². The third-order valence-corrected chi connectivity index (χ3v) is 8.75. The van der Waals surface area contributed by atoms with Gasteiger partial charge in [0.1, 0.15) is 10.4 Å². The van der Waals surface area contributed by atoms with E-state index in [4.69, 9.17) is 28.2 Å². The van der Waals surface area contributed by atoms with Crippen molar-refractivity contribution in [2.75, 3.05) is 13.1 Å². The molecule has 3 aliphatic heterocycles. The van der Waals surface area contributed by atoms with Gasteiger partial charge in [-0.15, -0.1) is 0 Å². The van der Waals surface area contributed by atoms with Crippen molar-refractivity contribution in [3.8, 4) is 0 Å². The van der Waals surface area contributed by atoms with Gasteiger partial charge in [0.05, 0.1) is 12.0 Å². The fourth-order valence-corrected chi connectivity index (χ4v) is 6.98. The highest BCUT2D eigenvalue weighted by molar-refractivity contribution is 8.18. The molecule has 36 heavy (non-hydrogen) atoms. The number of amides is 1. The number of aliphatic imine (C=N–C) groups is 1. The lowest BCUT2D eigenvalue weighted by molar-refractivity contribution is -0.141. The molecule has 1 N–H and O–H groups in total. The summed E-state index contributed by atoms with van der Waals surface area (Å²) in [6, 6.07) is 15.3. The summed E-state index contributed by atoms with van der Waals surface area (Å²) in [6.45, 7) is 6.94. The topological polar surface area (TPSA) is 73.2 Å². The van der Waals surface area contributed by atoms with Crippen LogP contribution in [0.5, 0.6) is 0 Å². The summed E-state index contributed by atoms with van der Waals surface area (Å²) in [4.78, 5) is 34.9. The first-order chi connectivity index (χ1) is 17.1. The largest absolute Gasteiger partial charge is 0.481 e. The lowest BCUT2D eigenvalue weighted by Gasteiger charge is -2.37. The molecule has 1 fully saturated rings. The van der Waals surface area contributed by atoms with E-state index in [0.29, 0.717) is 27.9 Å². The number of carboxylic acids is 1. The molecule has 0 aromatic heterocycles. The molecule has 188 valence electrons. The number of allylic oxidation sites excluding steroid dienone is 1. The molecule has 3 atom stereocenters. The highest BCUT2D eigenvalue weighted by atomic mass is 35.5. The number of carbonyl (C=O) groups excluding carboxylic acids is 1. The molecule has 6 nitrogen and oxygen atoms in total. The van der Waals surface area contributed by atoms with Crippen LogP contribution in [0.4, 0.5) is 0 Å². The molecule has 5 rings (SSSR count). The van der Waals surface area contributed by atoms with Crippen LogP contribution in [-0.2, 0) is 15.1 Å². The lowest BCUT2D eigenvalue weighted by Crippen LogP contribution is -2.36. The van der Waals surface area contributed by atoms with Crippen molar-refractivity contribution in [3.05, 3.63) is 80.3 Å². The fraction of sp³-hybridized carbons (Fsp3) is 0.370. The predicted molar refractivity (Wildman–Crippen MR) is 144 cm³/mol. The number of likely N-dealkylation sites (tertiary alicyclic amines) is 1. The van der Waals surface area contributed by atoms with E-state index in [1.54, 1.807) is 4.90 Å². The summed E-state index contributed by atoms with van der Waals surface area (Å²) in [5, 5.41) is 11.5. The number of aliphatic carboxylic acids is 1. The number of thioether (sulfide) groups is 1. The van der Waals surface area contributed by atoms with Crippen LogP contribution in [-0.4, -0.2) is 45.0 Å². The average Bonchev–Trinajstić information content (AvgIpc) is 3.52. The van der Waals surface area contributed by atoms with Crippen LogP contribution in [0.15, 0.2) is 64.1 Å². The van der Waals surface area contributed by atoms with Gasteiger partial charge in [-0.2, -0.15) is 0 Å². The number of amidine groups is 1. The number of carbonyl (C=O) groups is 2. The third kappa shape index (κ3) is 4.21. The number of carboxylic acid groups (broad SMARTS) is 1. The van der Waals surface area contributed by atoms with E-state index in [1.807, 2.05) is 48.5 Å². The first-order valence-electron chi connectivity index (χ1n) is 11.9. The van der Waals surface area contributed by atoms with Gasteiger partial charge in [-0.25, -0.2) is 4.99 Å². The van der Waals surface area contributed by atoms with Gasteiger partial charge >= 0.3 is 5.97 Å². The van der Waals surface area contributed by atoms with Crippen LogP contribution in [0.3, 0.4) is 0 Å². The Morgan fingerprint density at radius 3 is 2.25 bits per heavy atom. The number of fused-ring (bicyclic) bond motifs is 1. The van der Waals surface area contributed by atoms with E-state index in [1.165, 1.54) is 11.8 Å². The normalized spacial score (nSPS) is 25.6. The standard InChI is InChI=1S/C27H27Cl2N3O3S/c1-15(2)21-22(24(33)31-13-12-17(14-31)25(34)35)36-26-30-27(3,18-6-10-20(29)11-7-18)23(32(21)26)16-4-8-19(28)9-5-16/h4-11,15,17,23H,12-14H2,1-3H3,(H,34,35)/t17-,23?,27?/m0/s1. The molecule has 0 spiro atoms. The van der Waals surface area contributed by atoms with Crippen LogP contribution >= 0.6 is 35.0 Å². The Labute approximate surface area is 225 Å². The zero-order valence-corrected chi connectivity index (χ0v) is 22.6. The smallest absolute Gasteiger partial charge is 0.308 e. The molecule has 3 aliphatic rings. The van der Waals surface area contributed by atoms with Crippen molar-refractivity contribution in [2.45, 2.75) is 38.8 Å². The Morgan fingerprint density at radius 2 is 1.69 bits per heavy atom. The SMILES string of the molecule is CC(C)C1=C(C(=O)N2CC[C@H](C(=O)O)C2)SC2=NC(C)(c3ccc(Cl)cc3)C(c3ccc(Cl)cc3)N21. The van der Waals surface area contributed by atoms with E-state index in [-0.39, 0.29) is 24.4 Å². The van der Waals surface area contributed by atoms with Gasteiger partial charge in [0.15, 0.2) is 5.17 Å². The second kappa shape index (κ2) is 9.43. The van der Waals surface area contributed by atoms with Crippen molar-refractivity contribution in [1.82, 2.24) is 9.80 Å². The number of hydrogen-bond donors (Lipinski definition) is 1. The Bertz CT molecular complexity index is 1280. The zero-order chi connectivity index (χ0) is 25.8. The molecule has 0 radical (unpaired) electrons. The van der Waals surface area contributed by atoms with Gasteiger partial charge in [0.25, 0.3) is 5.91 Å². The second-order valence-corrected chi connectivity index (χ2v) is 11.8. The Balaban J connectivity index is 1.59. The van der Waals surface area contributed by atoms with Gasteiger partial charge in [-0.05, 0) is 66.4 Å². The Morgan fingerprint density at radius 1 is 1.08 bits per heavy atom. The number of halogens is 2. The Hall–Kier alpha value is -2.48. The van der Waals surface area contributed by atoms with Gasteiger partial charge in [0, 0.05) is 28.8 Å². The van der Waals surface area contributed by atoms with Crippen LogP contribution in [0, 0.1) is 11.8 Å². The van der Waals surface area contributed by atoms with Crippen molar-refractivity contribution in [2.24, 2.45) is 16.8 Å². The molecule has 2 aromatic rings. The van der Waals surface area contributed by atoms with Crippen molar-refractivity contribution < 1.29 is 14.7 Å². The summed E-state index contributed by atoms with van der Waals surface area (Å²) in [6.07, 6.45) is 0.475. The molecule has 3 heterocycles. The second-order valence-electron chi connectivity index (χ2n) is 9.92. The van der Waals surface area contributed by atoms with Crippen molar-refractivity contribution >= 4 is 52.0 Å². The van der Waals surface area contributed by atoms with Crippen LogP contribution in [0.1, 0.15) is 44.4 Å². The summed E-state index contributed by atoms with van der Waals surface area (Å²) < 4.78 is 0. The zero-order valence-electron chi connectivity index (χ0n) is 20.2. The van der Waals surface area contributed by atoms with Crippen LogP contribution in [0.25, 0.3) is 0 Å². The minimum Gasteiger partial charge on any atom is -0.481 e. The highest BCUT2D eigenvalue weighted by Gasteiger charge is 2.53. The summed E-state index contributed by atoms with van der Waals surface area (Å²) >= 11 is 13.8.